The number of nitrogens with two attached hydrogens (primary N) is 1. The van der Waals surface area contributed by atoms with E-state index in [1.807, 2.05) is 18.3 Å². The number of nitrogens with zero attached hydrogens (tertiary/aromatic N) is 3. The topological polar surface area (TPSA) is 80.6 Å². The first-order valence-corrected chi connectivity index (χ1v) is 4.08. The fourth-order valence-corrected chi connectivity index (χ4v) is 1.10. The standard InChI is InChI=1S/C9H9N5/c10-9(11)8-3-2-7(6-12-8)14-5-1-4-13-14/h1-6H,(H3,10,11). The minimum absolute atomic E-state index is 0.0305. The predicted octanol–water partition coefficient (Wildman–Crippen LogP) is 0.551. The second kappa shape index (κ2) is 3.29. The van der Waals surface area contributed by atoms with Crippen LogP contribution in [0.25, 0.3) is 5.69 Å². The molecule has 0 atom stereocenters. The van der Waals surface area contributed by atoms with E-state index in [1.165, 1.54) is 0 Å². The van der Waals surface area contributed by atoms with Gasteiger partial charge in [-0.1, -0.05) is 0 Å². The molecule has 0 saturated heterocycles. The van der Waals surface area contributed by atoms with Crippen LogP contribution in [-0.4, -0.2) is 20.6 Å². The molecule has 0 aliphatic rings. The lowest BCUT2D eigenvalue weighted by Gasteiger charge is -2.01. The molecule has 14 heavy (non-hydrogen) atoms. The summed E-state index contributed by atoms with van der Waals surface area (Å²) in [7, 11) is 0. The van der Waals surface area contributed by atoms with Crippen molar-refractivity contribution >= 4 is 5.84 Å². The van der Waals surface area contributed by atoms with Crippen LogP contribution >= 0.6 is 0 Å². The third kappa shape index (κ3) is 1.47. The van der Waals surface area contributed by atoms with Crippen LogP contribution in [0.5, 0.6) is 0 Å². The van der Waals surface area contributed by atoms with Crippen LogP contribution in [0, 0.1) is 5.41 Å². The molecular formula is C9H9N5. The fourth-order valence-electron chi connectivity index (χ4n) is 1.10. The molecule has 0 fully saturated rings. The van der Waals surface area contributed by atoms with Crippen LogP contribution in [0.2, 0.25) is 0 Å². The fraction of sp³-hybridized carbons (Fsp3) is 0. The van der Waals surface area contributed by atoms with E-state index in [9.17, 15) is 0 Å². The van der Waals surface area contributed by atoms with Gasteiger partial charge in [0.15, 0.2) is 0 Å². The van der Waals surface area contributed by atoms with Gasteiger partial charge in [-0.3, -0.25) is 10.4 Å². The summed E-state index contributed by atoms with van der Waals surface area (Å²) in [6.07, 6.45) is 5.15. The smallest absolute Gasteiger partial charge is 0.141 e. The van der Waals surface area contributed by atoms with Gasteiger partial charge in [0.2, 0.25) is 0 Å². The Morgan fingerprint density at radius 1 is 1.43 bits per heavy atom. The summed E-state index contributed by atoms with van der Waals surface area (Å²) in [6, 6.07) is 5.34. The maximum absolute atomic E-state index is 7.17. The summed E-state index contributed by atoms with van der Waals surface area (Å²) >= 11 is 0. The van der Waals surface area contributed by atoms with Crippen molar-refractivity contribution in [3.8, 4) is 5.69 Å². The molecule has 0 unspecified atom stereocenters. The molecule has 5 heteroatoms. The summed E-state index contributed by atoms with van der Waals surface area (Å²) in [5.74, 6) is -0.0305. The van der Waals surface area contributed by atoms with Crippen LogP contribution in [0.15, 0.2) is 36.8 Å². The van der Waals surface area contributed by atoms with Crippen molar-refractivity contribution < 1.29 is 0 Å². The van der Waals surface area contributed by atoms with E-state index in [4.69, 9.17) is 11.1 Å². The van der Waals surface area contributed by atoms with Crippen LogP contribution in [0.3, 0.4) is 0 Å². The molecule has 0 amide bonds. The Labute approximate surface area is 80.7 Å². The van der Waals surface area contributed by atoms with Crippen molar-refractivity contribution in [2.24, 2.45) is 5.73 Å². The number of rotatable bonds is 2. The predicted molar refractivity (Wildman–Crippen MR) is 52.4 cm³/mol. The highest BCUT2D eigenvalue weighted by atomic mass is 15.3. The second-order valence-corrected chi connectivity index (χ2v) is 2.77. The molecule has 2 rings (SSSR count). The minimum Gasteiger partial charge on any atom is -0.382 e. The Bertz CT molecular complexity index is 429. The highest BCUT2D eigenvalue weighted by Gasteiger charge is 1.99. The highest BCUT2D eigenvalue weighted by Crippen LogP contribution is 2.04. The Morgan fingerprint density at radius 2 is 2.29 bits per heavy atom. The van der Waals surface area contributed by atoms with Gasteiger partial charge in [0.1, 0.15) is 11.5 Å². The summed E-state index contributed by atoms with van der Waals surface area (Å²) in [4.78, 5) is 4.02. The van der Waals surface area contributed by atoms with Crippen LogP contribution in [0.1, 0.15) is 5.69 Å². The van der Waals surface area contributed by atoms with Crippen LogP contribution in [-0.2, 0) is 0 Å². The maximum atomic E-state index is 7.17. The van der Waals surface area contributed by atoms with Gasteiger partial charge in [-0.05, 0) is 18.2 Å². The van der Waals surface area contributed by atoms with Crippen LogP contribution in [0.4, 0.5) is 0 Å². The number of amidine groups is 1. The molecule has 0 bridgehead atoms. The third-order valence-electron chi connectivity index (χ3n) is 1.79. The minimum atomic E-state index is -0.0305. The summed E-state index contributed by atoms with van der Waals surface area (Å²) in [5.41, 5.74) is 6.60. The van der Waals surface area contributed by atoms with Crippen molar-refractivity contribution in [1.29, 1.82) is 5.41 Å². The first-order chi connectivity index (χ1) is 6.77. The maximum Gasteiger partial charge on any atom is 0.141 e. The normalized spacial score (nSPS) is 10.0. The molecule has 0 aromatic carbocycles. The van der Waals surface area contributed by atoms with E-state index in [-0.39, 0.29) is 5.84 Å². The SMILES string of the molecule is N=C(N)c1ccc(-n2cccn2)cn1. The first kappa shape index (κ1) is 8.43. The van der Waals surface area contributed by atoms with Gasteiger partial charge >= 0.3 is 0 Å². The Balaban J connectivity index is 2.36. The van der Waals surface area contributed by atoms with Gasteiger partial charge in [0.05, 0.1) is 11.9 Å². The van der Waals surface area contributed by atoms with E-state index in [1.54, 1.807) is 23.1 Å². The monoisotopic (exact) mass is 187 g/mol. The van der Waals surface area contributed by atoms with Gasteiger partial charge in [-0.15, -0.1) is 0 Å². The lowest BCUT2D eigenvalue weighted by atomic mass is 10.3. The number of aromatic nitrogens is 3. The number of hydrogen-bond acceptors (Lipinski definition) is 3. The zero-order valence-electron chi connectivity index (χ0n) is 7.38. The van der Waals surface area contributed by atoms with Crippen molar-refractivity contribution in [3.05, 3.63) is 42.5 Å². The Hall–Kier alpha value is -2.17. The van der Waals surface area contributed by atoms with Crippen LogP contribution < -0.4 is 5.73 Å². The molecule has 2 aromatic heterocycles. The van der Waals surface area contributed by atoms with E-state index >= 15 is 0 Å². The number of hydrogen-bond donors (Lipinski definition) is 2. The lowest BCUT2D eigenvalue weighted by molar-refractivity contribution is 0.873. The van der Waals surface area contributed by atoms with Gasteiger partial charge in [-0.25, -0.2) is 4.68 Å². The molecular weight excluding hydrogens is 178 g/mol. The molecule has 0 aliphatic heterocycles. The quantitative estimate of drug-likeness (QED) is 0.532. The Morgan fingerprint density at radius 3 is 2.79 bits per heavy atom. The zero-order valence-corrected chi connectivity index (χ0v) is 7.38. The van der Waals surface area contributed by atoms with Gasteiger partial charge in [-0.2, -0.15) is 5.10 Å². The van der Waals surface area contributed by atoms with Crippen molar-refractivity contribution in [2.45, 2.75) is 0 Å². The molecule has 3 N–H and O–H groups in total. The molecule has 70 valence electrons. The van der Waals surface area contributed by atoms with Gasteiger partial charge in [0.25, 0.3) is 0 Å². The molecule has 0 saturated carbocycles. The zero-order chi connectivity index (χ0) is 9.97. The second-order valence-electron chi connectivity index (χ2n) is 2.77. The molecule has 2 aromatic rings. The van der Waals surface area contributed by atoms with E-state index in [2.05, 4.69) is 10.1 Å². The van der Waals surface area contributed by atoms with Crippen molar-refractivity contribution in [2.75, 3.05) is 0 Å². The van der Waals surface area contributed by atoms with Gasteiger partial charge in [0, 0.05) is 12.4 Å². The molecule has 0 radical (unpaired) electrons. The van der Waals surface area contributed by atoms with E-state index in [0.29, 0.717) is 5.69 Å². The first-order valence-electron chi connectivity index (χ1n) is 4.08. The number of nitrogen functional groups attached to an aromatic ring is 1. The number of nitrogens with one attached hydrogen (secondary N) is 1. The van der Waals surface area contributed by atoms with Crippen molar-refractivity contribution in [3.63, 3.8) is 0 Å². The van der Waals surface area contributed by atoms with E-state index < -0.39 is 0 Å². The average molecular weight is 187 g/mol. The highest BCUT2D eigenvalue weighted by molar-refractivity contribution is 5.92. The summed E-state index contributed by atoms with van der Waals surface area (Å²) in [6.45, 7) is 0. The third-order valence-corrected chi connectivity index (χ3v) is 1.79. The Kier molecular flexibility index (Phi) is 1.98. The van der Waals surface area contributed by atoms with E-state index in [0.717, 1.165) is 5.69 Å². The summed E-state index contributed by atoms with van der Waals surface area (Å²) in [5, 5.41) is 11.2. The number of pyridine rings is 1. The van der Waals surface area contributed by atoms with Gasteiger partial charge < -0.3 is 5.73 Å². The molecule has 0 spiro atoms. The lowest BCUT2D eigenvalue weighted by Crippen LogP contribution is -2.13. The largest absolute Gasteiger partial charge is 0.382 e. The molecule has 5 nitrogen and oxygen atoms in total. The molecule has 0 aliphatic carbocycles. The molecule has 2 heterocycles. The summed E-state index contributed by atoms with van der Waals surface area (Å²) < 4.78 is 1.69. The average Bonchev–Trinajstić information content (AvgIpc) is 2.71. The van der Waals surface area contributed by atoms with Crippen molar-refractivity contribution in [1.82, 2.24) is 14.8 Å².